The van der Waals surface area contributed by atoms with Crippen LogP contribution < -0.4 is 15.6 Å². The second-order valence-corrected chi connectivity index (χ2v) is 8.97. The summed E-state index contributed by atoms with van der Waals surface area (Å²) in [6, 6.07) is 15.0. The number of carbonyl (C=O) groups excluding carboxylic acids is 1. The van der Waals surface area contributed by atoms with Crippen molar-refractivity contribution in [3.05, 3.63) is 64.7 Å². The maximum atomic E-state index is 12.7. The first-order valence-electron chi connectivity index (χ1n) is 11.2. The lowest BCUT2D eigenvalue weighted by molar-refractivity contribution is -0.122. The highest BCUT2D eigenvalue weighted by Gasteiger charge is 2.55. The van der Waals surface area contributed by atoms with Crippen molar-refractivity contribution in [2.24, 2.45) is 11.0 Å². The molecule has 162 valence electrons. The standard InChI is InChI=1S/C25H30N4O2/c1-25(20-5-7-21(8-6-20)29-11-13-31-14-12-29)15-23(25)24(30)28-27-17-19-4-2-3-18-16-26-10-9-22(18)19/h2-8,17,23,26H,9-16H2,1H3,(H,28,30)/b27-17+. The van der Waals surface area contributed by atoms with E-state index in [4.69, 9.17) is 4.74 Å². The van der Waals surface area contributed by atoms with Crippen LogP contribution in [0.5, 0.6) is 0 Å². The number of nitrogens with one attached hydrogen (secondary N) is 2. The van der Waals surface area contributed by atoms with Crippen LogP contribution in [0, 0.1) is 5.92 Å². The van der Waals surface area contributed by atoms with Gasteiger partial charge in [0.2, 0.25) is 5.91 Å². The van der Waals surface area contributed by atoms with Crippen molar-refractivity contribution < 1.29 is 9.53 Å². The van der Waals surface area contributed by atoms with Gasteiger partial charge in [-0.25, -0.2) is 5.43 Å². The molecule has 2 aromatic carbocycles. The van der Waals surface area contributed by atoms with E-state index in [1.54, 1.807) is 6.21 Å². The van der Waals surface area contributed by atoms with Crippen molar-refractivity contribution in [2.75, 3.05) is 37.7 Å². The predicted octanol–water partition coefficient (Wildman–Crippen LogP) is 2.60. The van der Waals surface area contributed by atoms with Gasteiger partial charge < -0.3 is 15.0 Å². The number of nitrogens with zero attached hydrogens (tertiary/aromatic N) is 2. The van der Waals surface area contributed by atoms with Crippen molar-refractivity contribution in [2.45, 2.75) is 31.7 Å². The van der Waals surface area contributed by atoms with E-state index in [-0.39, 0.29) is 17.2 Å². The minimum absolute atomic E-state index is 0.00229. The van der Waals surface area contributed by atoms with Gasteiger partial charge in [-0.15, -0.1) is 0 Å². The molecule has 2 unspecified atom stereocenters. The first-order valence-corrected chi connectivity index (χ1v) is 11.2. The molecule has 0 aromatic heterocycles. The van der Waals surface area contributed by atoms with Crippen LogP contribution in [0.3, 0.4) is 0 Å². The van der Waals surface area contributed by atoms with Gasteiger partial charge in [0, 0.05) is 30.7 Å². The maximum absolute atomic E-state index is 12.7. The molecule has 3 aliphatic rings. The number of hydrazone groups is 1. The van der Waals surface area contributed by atoms with Crippen LogP contribution in [0.2, 0.25) is 0 Å². The van der Waals surface area contributed by atoms with E-state index in [9.17, 15) is 4.79 Å². The molecule has 2 fully saturated rings. The van der Waals surface area contributed by atoms with Crippen LogP contribution in [0.4, 0.5) is 5.69 Å². The molecule has 2 heterocycles. The zero-order valence-electron chi connectivity index (χ0n) is 18.1. The summed E-state index contributed by atoms with van der Waals surface area (Å²) in [6.45, 7) is 7.48. The first kappa shape index (κ1) is 20.2. The molecule has 2 aliphatic heterocycles. The van der Waals surface area contributed by atoms with Gasteiger partial charge >= 0.3 is 0 Å². The molecule has 1 aliphatic carbocycles. The fourth-order valence-electron chi connectivity index (χ4n) is 4.87. The third-order valence-electron chi connectivity index (χ3n) is 7.01. The van der Waals surface area contributed by atoms with E-state index in [1.165, 1.54) is 22.4 Å². The van der Waals surface area contributed by atoms with E-state index in [0.717, 1.165) is 57.8 Å². The number of amides is 1. The Morgan fingerprint density at radius 3 is 2.84 bits per heavy atom. The molecular formula is C25H30N4O2. The summed E-state index contributed by atoms with van der Waals surface area (Å²) in [5.74, 6) is -0.0322. The van der Waals surface area contributed by atoms with Crippen LogP contribution in [0.15, 0.2) is 47.6 Å². The molecule has 6 heteroatoms. The molecule has 2 atom stereocenters. The number of hydrogen-bond acceptors (Lipinski definition) is 5. The van der Waals surface area contributed by atoms with E-state index < -0.39 is 0 Å². The predicted molar refractivity (Wildman–Crippen MR) is 123 cm³/mol. The lowest BCUT2D eigenvalue weighted by Crippen LogP contribution is -2.36. The second kappa shape index (κ2) is 8.44. The highest BCUT2D eigenvalue weighted by Crippen LogP contribution is 2.54. The van der Waals surface area contributed by atoms with E-state index in [2.05, 4.69) is 64.1 Å². The van der Waals surface area contributed by atoms with Gasteiger partial charge in [0.15, 0.2) is 0 Å². The zero-order valence-corrected chi connectivity index (χ0v) is 18.1. The monoisotopic (exact) mass is 418 g/mol. The number of ether oxygens (including phenoxy) is 1. The maximum Gasteiger partial charge on any atom is 0.244 e. The minimum Gasteiger partial charge on any atom is -0.378 e. The van der Waals surface area contributed by atoms with Gasteiger partial charge in [-0.05, 0) is 53.8 Å². The van der Waals surface area contributed by atoms with Crippen molar-refractivity contribution in [1.82, 2.24) is 10.7 Å². The number of rotatable bonds is 5. The summed E-state index contributed by atoms with van der Waals surface area (Å²) < 4.78 is 5.44. The van der Waals surface area contributed by atoms with Gasteiger partial charge in [0.05, 0.1) is 25.3 Å². The Bertz CT molecular complexity index is 982. The molecule has 0 radical (unpaired) electrons. The second-order valence-electron chi connectivity index (χ2n) is 8.97. The topological polar surface area (TPSA) is 66.0 Å². The third kappa shape index (κ3) is 4.10. The molecule has 5 rings (SSSR count). The lowest BCUT2D eigenvalue weighted by atomic mass is 9.95. The molecule has 2 N–H and O–H groups in total. The highest BCUT2D eigenvalue weighted by molar-refractivity contribution is 5.87. The summed E-state index contributed by atoms with van der Waals surface area (Å²) in [5.41, 5.74) is 8.86. The van der Waals surface area contributed by atoms with Gasteiger partial charge in [-0.2, -0.15) is 5.10 Å². The number of hydrogen-bond donors (Lipinski definition) is 2. The molecule has 2 aromatic rings. The van der Waals surface area contributed by atoms with E-state index in [0.29, 0.717) is 0 Å². The first-order chi connectivity index (χ1) is 15.1. The molecule has 6 nitrogen and oxygen atoms in total. The van der Waals surface area contributed by atoms with Gasteiger partial charge in [0.25, 0.3) is 0 Å². The Hall–Kier alpha value is -2.70. The quantitative estimate of drug-likeness (QED) is 0.579. The zero-order chi connectivity index (χ0) is 21.3. The lowest BCUT2D eigenvalue weighted by Gasteiger charge is -2.29. The van der Waals surface area contributed by atoms with Crippen LogP contribution >= 0.6 is 0 Å². The summed E-state index contributed by atoms with van der Waals surface area (Å²) in [7, 11) is 0. The third-order valence-corrected chi connectivity index (χ3v) is 7.01. The Morgan fingerprint density at radius 1 is 1.23 bits per heavy atom. The number of benzene rings is 2. The van der Waals surface area contributed by atoms with Gasteiger partial charge in [0.1, 0.15) is 0 Å². The Morgan fingerprint density at radius 2 is 2.03 bits per heavy atom. The Kier molecular flexibility index (Phi) is 5.50. The van der Waals surface area contributed by atoms with Crippen molar-refractivity contribution >= 4 is 17.8 Å². The molecule has 0 bridgehead atoms. The molecule has 1 saturated carbocycles. The van der Waals surface area contributed by atoms with Gasteiger partial charge in [-0.3, -0.25) is 4.79 Å². The Balaban J connectivity index is 1.20. The highest BCUT2D eigenvalue weighted by atomic mass is 16.5. The van der Waals surface area contributed by atoms with Gasteiger partial charge in [-0.1, -0.05) is 37.3 Å². The van der Waals surface area contributed by atoms with Crippen LogP contribution in [-0.4, -0.2) is 45.0 Å². The number of fused-ring (bicyclic) bond motifs is 1. The molecule has 31 heavy (non-hydrogen) atoms. The van der Waals surface area contributed by atoms with Crippen LogP contribution in [0.25, 0.3) is 0 Å². The summed E-state index contributed by atoms with van der Waals surface area (Å²) in [4.78, 5) is 15.1. The van der Waals surface area contributed by atoms with E-state index >= 15 is 0 Å². The molecule has 1 saturated heterocycles. The van der Waals surface area contributed by atoms with Crippen LogP contribution in [0.1, 0.15) is 35.6 Å². The molecular weight excluding hydrogens is 388 g/mol. The summed E-state index contributed by atoms with van der Waals surface area (Å²) in [6.07, 6.45) is 3.64. The average Bonchev–Trinajstić information content (AvgIpc) is 3.53. The molecule has 0 spiro atoms. The van der Waals surface area contributed by atoms with Crippen molar-refractivity contribution in [1.29, 1.82) is 0 Å². The minimum atomic E-state index is -0.110. The smallest absolute Gasteiger partial charge is 0.244 e. The van der Waals surface area contributed by atoms with Crippen LogP contribution in [-0.2, 0) is 27.9 Å². The number of carbonyl (C=O) groups is 1. The number of anilines is 1. The largest absolute Gasteiger partial charge is 0.378 e. The summed E-state index contributed by atoms with van der Waals surface area (Å²) in [5, 5.41) is 7.67. The summed E-state index contributed by atoms with van der Waals surface area (Å²) >= 11 is 0. The fourth-order valence-corrected chi connectivity index (χ4v) is 4.87. The van der Waals surface area contributed by atoms with E-state index in [1.807, 2.05) is 6.07 Å². The normalized spacial score (nSPS) is 25.3. The SMILES string of the molecule is CC1(c2ccc(N3CCOCC3)cc2)CC1C(=O)N/N=C/c1cccc2c1CCNC2. The molecule has 1 amide bonds. The van der Waals surface area contributed by atoms with Crippen molar-refractivity contribution in [3.63, 3.8) is 0 Å². The fraction of sp³-hybridized carbons (Fsp3) is 0.440. The van der Waals surface area contributed by atoms with Crippen molar-refractivity contribution in [3.8, 4) is 0 Å². The Labute approximate surface area is 183 Å². The average molecular weight is 419 g/mol. The number of morpholine rings is 1.